The van der Waals surface area contributed by atoms with Gasteiger partial charge in [0.2, 0.25) is 29.5 Å². The normalized spacial score (nSPS) is 15.2. The first-order valence-electron chi connectivity index (χ1n) is 19.4. The second kappa shape index (κ2) is 22.4. The van der Waals surface area contributed by atoms with Crippen molar-refractivity contribution in [2.45, 2.75) is 124 Å². The third-order valence-corrected chi connectivity index (χ3v) is 9.69. The average Bonchev–Trinajstić information content (AvgIpc) is 3.54. The summed E-state index contributed by atoms with van der Waals surface area (Å²) in [7, 11) is 0. The van der Waals surface area contributed by atoms with Gasteiger partial charge in [0, 0.05) is 30.1 Å². The molecule has 0 aliphatic rings. The van der Waals surface area contributed by atoms with Crippen molar-refractivity contribution in [3.8, 4) is 0 Å². The Morgan fingerprint density at radius 3 is 1.89 bits per heavy atom. The van der Waals surface area contributed by atoms with Crippen LogP contribution in [-0.4, -0.2) is 94.4 Å². The maximum absolute atomic E-state index is 14.3. The van der Waals surface area contributed by atoms with Crippen LogP contribution >= 0.6 is 0 Å². The van der Waals surface area contributed by atoms with Gasteiger partial charge in [-0.2, -0.15) is 0 Å². The number of carbonyl (C=O) groups excluding carboxylic acids is 5. The quantitative estimate of drug-likeness (QED) is 0.0433. The number of carboxylic acid groups (broad SMARTS) is 1. The van der Waals surface area contributed by atoms with Crippen LogP contribution in [0.4, 0.5) is 0 Å². The minimum atomic E-state index is -1.26. The second-order valence-electron chi connectivity index (χ2n) is 15.5. The number of benzene rings is 1. The number of hydrogen-bond acceptors (Lipinski definition) is 8. The van der Waals surface area contributed by atoms with Crippen LogP contribution in [0.5, 0.6) is 0 Å². The summed E-state index contributed by atoms with van der Waals surface area (Å²) in [6.45, 7) is 14.6. The SMILES string of the molecule is CC[C@H](C)[C@H](NC(=O)[C@@H](N)C(C)C)C(=O)N[C@@H](Cc1c[nH]c2ccccc12)C(=O)N[C@@H](CC(C)C)C(=O)N[C@H](C(=O)N[C@@H](CCCN=C(N)N)C(=O)O)C(C)C. The van der Waals surface area contributed by atoms with E-state index in [0.717, 1.165) is 16.5 Å². The molecular formula is C39H64N10O7. The number of carbonyl (C=O) groups is 6. The molecule has 0 fully saturated rings. The van der Waals surface area contributed by atoms with Crippen LogP contribution in [0.2, 0.25) is 0 Å². The number of hydrogen-bond donors (Lipinski definition) is 10. The lowest BCUT2D eigenvalue weighted by Crippen LogP contribution is -2.61. The number of guanidine groups is 1. The average molecular weight is 785 g/mol. The van der Waals surface area contributed by atoms with E-state index in [0.29, 0.717) is 6.42 Å². The van der Waals surface area contributed by atoms with Gasteiger partial charge in [-0.1, -0.05) is 80.0 Å². The third-order valence-electron chi connectivity index (χ3n) is 9.69. The van der Waals surface area contributed by atoms with E-state index in [1.807, 2.05) is 52.0 Å². The Balaban J connectivity index is 2.40. The Hall–Kier alpha value is -5.19. The summed E-state index contributed by atoms with van der Waals surface area (Å²) in [5.74, 6) is -5.54. The zero-order valence-corrected chi connectivity index (χ0v) is 34.0. The Morgan fingerprint density at radius 1 is 0.750 bits per heavy atom. The van der Waals surface area contributed by atoms with Gasteiger partial charge in [-0.3, -0.25) is 29.0 Å². The fourth-order valence-electron chi connectivity index (χ4n) is 6.03. The van der Waals surface area contributed by atoms with Crippen molar-refractivity contribution < 1.29 is 33.9 Å². The van der Waals surface area contributed by atoms with E-state index < -0.39 is 77.7 Å². The van der Waals surface area contributed by atoms with Gasteiger partial charge in [0.15, 0.2) is 5.96 Å². The standard InChI is InChI=1S/C39H64N10O7/c1-9-23(8)32(49-35(52)30(40)21(4)5)37(54)47-29(18-24-19-44-26-14-11-10-13-25(24)26)33(50)46-28(17-20(2)3)34(51)48-31(22(6)7)36(53)45-27(38(55)56)15-12-16-43-39(41)42/h10-11,13-14,19-23,27-32,44H,9,12,15-18,40H2,1-8H3,(H,45,53)(H,46,50)(H,47,54)(H,48,51)(H,49,52)(H,55,56)(H4,41,42,43)/t23-,27-,28-,29-,30-,31-,32-/m0/s1. The number of amides is 5. The lowest BCUT2D eigenvalue weighted by molar-refractivity contribution is -0.142. The van der Waals surface area contributed by atoms with Crippen molar-refractivity contribution in [3.63, 3.8) is 0 Å². The maximum atomic E-state index is 14.3. The highest BCUT2D eigenvalue weighted by molar-refractivity contribution is 5.97. The summed E-state index contributed by atoms with van der Waals surface area (Å²) in [6, 6.07) is 0.908. The van der Waals surface area contributed by atoms with Crippen LogP contribution in [0.25, 0.3) is 10.9 Å². The lowest BCUT2D eigenvalue weighted by Gasteiger charge is -2.30. The maximum Gasteiger partial charge on any atom is 0.326 e. The Kier molecular flexibility index (Phi) is 18.8. The van der Waals surface area contributed by atoms with Gasteiger partial charge in [0.1, 0.15) is 30.2 Å². The fourth-order valence-corrected chi connectivity index (χ4v) is 6.03. The molecule has 17 nitrogen and oxygen atoms in total. The number of aliphatic carboxylic acids is 1. The predicted octanol–water partition coefficient (Wildman–Crippen LogP) is 1.00. The van der Waals surface area contributed by atoms with Gasteiger partial charge >= 0.3 is 5.97 Å². The molecule has 17 heteroatoms. The first-order chi connectivity index (χ1) is 26.3. The number of aromatic nitrogens is 1. The molecule has 0 saturated carbocycles. The van der Waals surface area contributed by atoms with E-state index in [1.165, 1.54) is 0 Å². The van der Waals surface area contributed by atoms with E-state index in [1.54, 1.807) is 33.9 Å². The molecular weight excluding hydrogens is 720 g/mol. The van der Waals surface area contributed by atoms with E-state index in [-0.39, 0.29) is 55.9 Å². The summed E-state index contributed by atoms with van der Waals surface area (Å²) in [5, 5.41) is 24.3. The number of nitrogens with zero attached hydrogens (tertiary/aromatic N) is 1. The highest BCUT2D eigenvalue weighted by Gasteiger charge is 2.35. The van der Waals surface area contributed by atoms with E-state index in [2.05, 4.69) is 36.6 Å². The number of carboxylic acids is 1. The van der Waals surface area contributed by atoms with Crippen LogP contribution in [0, 0.1) is 23.7 Å². The number of rotatable bonds is 23. The molecule has 56 heavy (non-hydrogen) atoms. The van der Waals surface area contributed by atoms with Crippen molar-refractivity contribution in [1.82, 2.24) is 31.6 Å². The number of fused-ring (bicyclic) bond motifs is 1. The smallest absolute Gasteiger partial charge is 0.326 e. The number of aromatic amines is 1. The Morgan fingerprint density at radius 2 is 1.32 bits per heavy atom. The first-order valence-corrected chi connectivity index (χ1v) is 19.4. The molecule has 7 atom stereocenters. The lowest BCUT2D eigenvalue weighted by atomic mass is 9.95. The highest BCUT2D eigenvalue weighted by Crippen LogP contribution is 2.20. The molecule has 1 aromatic heterocycles. The van der Waals surface area contributed by atoms with Crippen molar-refractivity contribution in [3.05, 3.63) is 36.0 Å². The molecule has 0 bridgehead atoms. The molecule has 1 aromatic carbocycles. The number of nitrogens with one attached hydrogen (secondary N) is 6. The number of aliphatic imine (C=N–C) groups is 1. The van der Waals surface area contributed by atoms with E-state index >= 15 is 0 Å². The third kappa shape index (κ3) is 14.5. The van der Waals surface area contributed by atoms with E-state index in [9.17, 15) is 33.9 Å². The number of para-hydroxylation sites is 1. The molecule has 0 aliphatic carbocycles. The molecule has 13 N–H and O–H groups in total. The van der Waals surface area contributed by atoms with Crippen LogP contribution in [-0.2, 0) is 35.2 Å². The molecule has 0 radical (unpaired) electrons. The fraction of sp³-hybridized carbons (Fsp3) is 0.615. The monoisotopic (exact) mass is 784 g/mol. The largest absolute Gasteiger partial charge is 0.480 e. The van der Waals surface area contributed by atoms with Crippen LogP contribution < -0.4 is 43.8 Å². The van der Waals surface area contributed by atoms with Crippen LogP contribution in [0.15, 0.2) is 35.5 Å². The Bertz CT molecular complexity index is 1670. The molecule has 0 unspecified atom stereocenters. The zero-order chi connectivity index (χ0) is 42.3. The highest BCUT2D eigenvalue weighted by atomic mass is 16.4. The van der Waals surface area contributed by atoms with E-state index in [4.69, 9.17) is 17.2 Å². The molecule has 0 saturated heterocycles. The zero-order valence-electron chi connectivity index (χ0n) is 34.0. The van der Waals surface area contributed by atoms with Gasteiger partial charge in [-0.15, -0.1) is 0 Å². The molecule has 1 heterocycles. The van der Waals surface area contributed by atoms with Gasteiger partial charge in [-0.05, 0) is 54.6 Å². The van der Waals surface area contributed by atoms with Crippen molar-refractivity contribution in [1.29, 1.82) is 0 Å². The summed E-state index contributed by atoms with van der Waals surface area (Å²) >= 11 is 0. The van der Waals surface area contributed by atoms with Crippen molar-refractivity contribution in [2.24, 2.45) is 45.9 Å². The topological polar surface area (TPSA) is 289 Å². The molecule has 2 rings (SSSR count). The number of H-pyrrole nitrogens is 1. The molecule has 0 aliphatic heterocycles. The summed E-state index contributed by atoms with van der Waals surface area (Å²) < 4.78 is 0. The first kappa shape index (κ1) is 47.0. The molecule has 5 amide bonds. The second-order valence-corrected chi connectivity index (χ2v) is 15.5. The van der Waals surface area contributed by atoms with Crippen LogP contribution in [0.1, 0.15) is 86.6 Å². The van der Waals surface area contributed by atoms with Gasteiger partial charge < -0.3 is 53.9 Å². The Labute approximate surface area is 329 Å². The van der Waals surface area contributed by atoms with Crippen LogP contribution in [0.3, 0.4) is 0 Å². The van der Waals surface area contributed by atoms with Crippen molar-refractivity contribution in [2.75, 3.05) is 6.54 Å². The molecule has 2 aromatic rings. The van der Waals surface area contributed by atoms with Crippen molar-refractivity contribution >= 4 is 52.4 Å². The molecule has 312 valence electrons. The van der Waals surface area contributed by atoms with Gasteiger partial charge in [0.25, 0.3) is 0 Å². The number of nitrogens with two attached hydrogens (primary N) is 3. The molecule has 0 spiro atoms. The van der Waals surface area contributed by atoms with Gasteiger partial charge in [0.05, 0.1) is 6.04 Å². The minimum absolute atomic E-state index is 0.0400. The summed E-state index contributed by atoms with van der Waals surface area (Å²) in [4.78, 5) is 87.6. The summed E-state index contributed by atoms with van der Waals surface area (Å²) in [5.41, 5.74) is 18.3. The predicted molar refractivity (Wildman–Crippen MR) is 216 cm³/mol. The van der Waals surface area contributed by atoms with Gasteiger partial charge in [-0.25, -0.2) is 4.79 Å². The summed E-state index contributed by atoms with van der Waals surface area (Å²) in [6.07, 6.45) is 2.84. The minimum Gasteiger partial charge on any atom is -0.480 e.